The molecule has 2 heterocycles. The fraction of sp³-hybridized carbons (Fsp3) is 0.412. The van der Waals surface area contributed by atoms with Crippen LogP contribution in [-0.2, 0) is 14.3 Å². The molecule has 1 fully saturated rings. The fourth-order valence-electron chi connectivity index (χ4n) is 3.22. The second kappa shape index (κ2) is 7.14. The Kier molecular flexibility index (Phi) is 4.89. The van der Waals surface area contributed by atoms with Gasteiger partial charge in [0.1, 0.15) is 12.1 Å². The minimum Gasteiger partial charge on any atom is -0.451 e. The molecule has 1 atom stereocenters. The van der Waals surface area contributed by atoms with Crippen molar-refractivity contribution >= 4 is 29.4 Å². The first-order valence-electron chi connectivity index (χ1n) is 8.43. The number of rotatable bonds is 5. The van der Waals surface area contributed by atoms with Crippen molar-refractivity contribution in [3.05, 3.63) is 39.4 Å². The van der Waals surface area contributed by atoms with E-state index in [2.05, 4.69) is 0 Å². The summed E-state index contributed by atoms with van der Waals surface area (Å²) in [5, 5.41) is 11.1. The summed E-state index contributed by atoms with van der Waals surface area (Å²) >= 11 is 0. The number of nitro groups is 1. The van der Waals surface area contributed by atoms with E-state index in [-0.39, 0.29) is 17.0 Å². The van der Waals surface area contributed by atoms with E-state index in [1.807, 2.05) is 0 Å². The van der Waals surface area contributed by atoms with Crippen LogP contribution in [0.5, 0.6) is 0 Å². The number of nitro benzene ring substituents is 1. The number of imide groups is 1. The maximum absolute atomic E-state index is 12.4. The second-order valence-corrected chi connectivity index (χ2v) is 6.32. The van der Waals surface area contributed by atoms with E-state index in [0.29, 0.717) is 18.0 Å². The number of amides is 3. The SMILES string of the molecule is C[C@H](OC(=O)CN1C(=O)c2cccc([N+](=O)[O-])c2C1=O)C(=O)N1CCCC1. The summed E-state index contributed by atoms with van der Waals surface area (Å²) in [6.45, 7) is 1.90. The Morgan fingerprint density at radius 1 is 1.22 bits per heavy atom. The highest BCUT2D eigenvalue weighted by Gasteiger charge is 2.42. The van der Waals surface area contributed by atoms with Gasteiger partial charge in [0, 0.05) is 19.2 Å². The number of benzene rings is 1. The first-order valence-corrected chi connectivity index (χ1v) is 8.43. The van der Waals surface area contributed by atoms with E-state index in [1.54, 1.807) is 4.90 Å². The molecule has 10 heteroatoms. The van der Waals surface area contributed by atoms with Gasteiger partial charge in [0.15, 0.2) is 6.10 Å². The Morgan fingerprint density at radius 2 is 1.89 bits per heavy atom. The minimum atomic E-state index is -1.04. The van der Waals surface area contributed by atoms with Crippen molar-refractivity contribution in [3.63, 3.8) is 0 Å². The number of ether oxygens (including phenoxy) is 1. The molecule has 0 spiro atoms. The molecule has 0 unspecified atom stereocenters. The molecule has 1 aromatic carbocycles. The van der Waals surface area contributed by atoms with Crippen molar-refractivity contribution < 1.29 is 28.8 Å². The Labute approximate surface area is 153 Å². The first kappa shape index (κ1) is 18.5. The third-order valence-electron chi connectivity index (χ3n) is 4.53. The lowest BCUT2D eigenvalue weighted by atomic mass is 10.1. The summed E-state index contributed by atoms with van der Waals surface area (Å²) in [7, 11) is 0. The number of hydrogen-bond acceptors (Lipinski definition) is 7. The van der Waals surface area contributed by atoms with Gasteiger partial charge in [-0.2, -0.15) is 0 Å². The average Bonchev–Trinajstić information content (AvgIpc) is 3.24. The van der Waals surface area contributed by atoms with Gasteiger partial charge in [0.25, 0.3) is 23.4 Å². The predicted molar refractivity (Wildman–Crippen MR) is 89.8 cm³/mol. The van der Waals surface area contributed by atoms with Gasteiger partial charge in [0.05, 0.1) is 10.5 Å². The highest BCUT2D eigenvalue weighted by atomic mass is 16.6. The highest BCUT2D eigenvalue weighted by Crippen LogP contribution is 2.30. The summed E-state index contributed by atoms with van der Waals surface area (Å²) in [5.74, 6) is -3.02. The molecule has 142 valence electrons. The maximum atomic E-state index is 12.4. The Morgan fingerprint density at radius 3 is 2.52 bits per heavy atom. The summed E-state index contributed by atoms with van der Waals surface area (Å²) < 4.78 is 5.05. The molecular formula is C17H17N3O7. The predicted octanol–water partition coefficient (Wildman–Crippen LogP) is 0.745. The van der Waals surface area contributed by atoms with Gasteiger partial charge in [-0.05, 0) is 25.8 Å². The molecule has 0 aromatic heterocycles. The molecule has 2 aliphatic rings. The first-order chi connectivity index (χ1) is 12.8. The Hall–Kier alpha value is -3.30. The van der Waals surface area contributed by atoms with Crippen molar-refractivity contribution in [1.82, 2.24) is 9.80 Å². The molecule has 0 bridgehead atoms. The number of hydrogen-bond donors (Lipinski definition) is 0. The monoisotopic (exact) mass is 375 g/mol. The molecule has 27 heavy (non-hydrogen) atoms. The number of esters is 1. The van der Waals surface area contributed by atoms with E-state index in [0.717, 1.165) is 18.9 Å². The van der Waals surface area contributed by atoms with Crippen LogP contribution in [0.15, 0.2) is 18.2 Å². The zero-order valence-electron chi connectivity index (χ0n) is 14.5. The van der Waals surface area contributed by atoms with Crippen LogP contribution >= 0.6 is 0 Å². The van der Waals surface area contributed by atoms with Crippen LogP contribution < -0.4 is 0 Å². The molecule has 1 saturated heterocycles. The van der Waals surface area contributed by atoms with E-state index in [4.69, 9.17) is 4.74 Å². The van der Waals surface area contributed by atoms with Crippen molar-refractivity contribution in [2.75, 3.05) is 19.6 Å². The molecule has 0 saturated carbocycles. The van der Waals surface area contributed by atoms with Crippen LogP contribution in [-0.4, -0.2) is 64.2 Å². The van der Waals surface area contributed by atoms with Crippen molar-refractivity contribution in [3.8, 4) is 0 Å². The van der Waals surface area contributed by atoms with Gasteiger partial charge in [0.2, 0.25) is 0 Å². The van der Waals surface area contributed by atoms with E-state index >= 15 is 0 Å². The topological polar surface area (TPSA) is 127 Å². The van der Waals surface area contributed by atoms with Crippen LogP contribution in [0.3, 0.4) is 0 Å². The quantitative estimate of drug-likeness (QED) is 0.321. The van der Waals surface area contributed by atoms with Crippen LogP contribution in [0.4, 0.5) is 5.69 Å². The molecule has 3 amide bonds. The number of likely N-dealkylation sites (tertiary alicyclic amines) is 1. The van der Waals surface area contributed by atoms with Gasteiger partial charge in [-0.25, -0.2) is 0 Å². The van der Waals surface area contributed by atoms with Crippen LogP contribution in [0, 0.1) is 10.1 Å². The van der Waals surface area contributed by atoms with Gasteiger partial charge in [-0.15, -0.1) is 0 Å². The lowest BCUT2D eigenvalue weighted by molar-refractivity contribution is -0.385. The van der Waals surface area contributed by atoms with Gasteiger partial charge in [-0.1, -0.05) is 6.07 Å². The zero-order chi connectivity index (χ0) is 19.7. The standard InChI is InChI=1S/C17H17N3O7/c1-10(15(22)18-7-2-3-8-18)27-13(21)9-19-16(23)11-5-4-6-12(20(25)26)14(11)17(19)24/h4-6,10H,2-3,7-9H2,1H3/t10-/m0/s1. The third-order valence-corrected chi connectivity index (χ3v) is 4.53. The largest absolute Gasteiger partial charge is 0.451 e. The van der Waals surface area contributed by atoms with Crippen molar-refractivity contribution in [1.29, 1.82) is 0 Å². The van der Waals surface area contributed by atoms with Crippen LogP contribution in [0.25, 0.3) is 0 Å². The normalized spacial score (nSPS) is 17.1. The van der Waals surface area contributed by atoms with Gasteiger partial charge < -0.3 is 9.64 Å². The molecule has 0 N–H and O–H groups in total. The van der Waals surface area contributed by atoms with E-state index < -0.39 is 41.0 Å². The number of carbonyl (C=O) groups is 4. The fourth-order valence-corrected chi connectivity index (χ4v) is 3.22. The lowest BCUT2D eigenvalue weighted by Crippen LogP contribution is -2.41. The summed E-state index contributed by atoms with van der Waals surface area (Å²) in [4.78, 5) is 61.5. The molecule has 0 radical (unpaired) electrons. The molecule has 1 aromatic rings. The van der Waals surface area contributed by atoms with E-state index in [1.165, 1.54) is 19.1 Å². The molecule has 3 rings (SSSR count). The van der Waals surface area contributed by atoms with Gasteiger partial charge in [-0.3, -0.25) is 34.2 Å². The Balaban J connectivity index is 1.69. The van der Waals surface area contributed by atoms with Crippen molar-refractivity contribution in [2.45, 2.75) is 25.9 Å². The van der Waals surface area contributed by atoms with Gasteiger partial charge >= 0.3 is 5.97 Å². The molecule has 0 aliphatic carbocycles. The van der Waals surface area contributed by atoms with E-state index in [9.17, 15) is 29.3 Å². The smallest absolute Gasteiger partial charge is 0.326 e. The summed E-state index contributed by atoms with van der Waals surface area (Å²) in [6.07, 6.45) is 0.737. The van der Waals surface area contributed by atoms with Crippen LogP contribution in [0.2, 0.25) is 0 Å². The van der Waals surface area contributed by atoms with Crippen molar-refractivity contribution in [2.24, 2.45) is 0 Å². The molecular weight excluding hydrogens is 358 g/mol. The number of nitrogens with zero attached hydrogens (tertiary/aromatic N) is 3. The third kappa shape index (κ3) is 3.37. The molecule has 10 nitrogen and oxygen atoms in total. The highest BCUT2D eigenvalue weighted by molar-refractivity contribution is 6.24. The summed E-state index contributed by atoms with van der Waals surface area (Å²) in [5.41, 5.74) is -0.982. The lowest BCUT2D eigenvalue weighted by Gasteiger charge is -2.21. The number of fused-ring (bicyclic) bond motifs is 1. The minimum absolute atomic E-state index is 0.136. The summed E-state index contributed by atoms with van der Waals surface area (Å²) in [6, 6.07) is 3.69. The maximum Gasteiger partial charge on any atom is 0.326 e. The number of carbonyl (C=O) groups excluding carboxylic acids is 4. The van der Waals surface area contributed by atoms with Crippen LogP contribution in [0.1, 0.15) is 40.5 Å². The second-order valence-electron chi connectivity index (χ2n) is 6.32. The average molecular weight is 375 g/mol. The zero-order valence-corrected chi connectivity index (χ0v) is 14.5. The Bertz CT molecular complexity index is 845. The molecule has 2 aliphatic heterocycles.